The lowest BCUT2D eigenvalue weighted by Crippen LogP contribution is -2.05. The lowest BCUT2D eigenvalue weighted by Gasteiger charge is -2.12. The highest BCUT2D eigenvalue weighted by Gasteiger charge is 2.30. The van der Waals surface area contributed by atoms with E-state index in [-0.39, 0.29) is 0 Å². The highest BCUT2D eigenvalue weighted by atomic mass is 19.4. The number of anilines is 2. The van der Waals surface area contributed by atoms with Crippen LogP contribution >= 0.6 is 0 Å². The first kappa shape index (κ1) is 15.3. The molecule has 0 aliphatic heterocycles. The van der Waals surface area contributed by atoms with Crippen LogP contribution < -0.4 is 5.32 Å². The van der Waals surface area contributed by atoms with Gasteiger partial charge in [0.1, 0.15) is 12.1 Å². The van der Waals surface area contributed by atoms with Crippen LogP contribution in [-0.2, 0) is 12.6 Å². The molecule has 0 atom stereocenters. The van der Waals surface area contributed by atoms with Gasteiger partial charge in [0.15, 0.2) is 0 Å². The van der Waals surface area contributed by atoms with E-state index >= 15 is 0 Å². The molecule has 0 fully saturated rings. The maximum absolute atomic E-state index is 12.8. The molecule has 0 aliphatic rings. The van der Waals surface area contributed by atoms with Crippen LogP contribution in [0.5, 0.6) is 0 Å². The molecular weight excluding hydrogens is 303 g/mol. The van der Waals surface area contributed by atoms with Crippen LogP contribution in [0.2, 0.25) is 0 Å². The number of aromatic nitrogens is 2. The van der Waals surface area contributed by atoms with Gasteiger partial charge < -0.3 is 5.32 Å². The third-order valence-electron chi connectivity index (χ3n) is 3.56. The van der Waals surface area contributed by atoms with Gasteiger partial charge in [-0.15, -0.1) is 0 Å². The van der Waals surface area contributed by atoms with Crippen LogP contribution in [0.3, 0.4) is 0 Å². The van der Waals surface area contributed by atoms with E-state index in [1.165, 1.54) is 12.4 Å². The fourth-order valence-corrected chi connectivity index (χ4v) is 2.33. The zero-order chi connectivity index (χ0) is 16.4. The average Bonchev–Trinajstić information content (AvgIpc) is 2.54. The number of nitrogens with zero attached hydrogens (tertiary/aromatic N) is 2. The van der Waals surface area contributed by atoms with Crippen molar-refractivity contribution in [3.63, 3.8) is 0 Å². The first-order chi connectivity index (χ1) is 11.0. The van der Waals surface area contributed by atoms with E-state index in [4.69, 9.17) is 0 Å². The minimum Gasteiger partial charge on any atom is -0.340 e. The van der Waals surface area contributed by atoms with Crippen LogP contribution in [0, 0.1) is 0 Å². The summed E-state index contributed by atoms with van der Waals surface area (Å²) in [5.74, 6) is 0.490. The molecule has 118 valence electrons. The van der Waals surface area contributed by atoms with Crippen LogP contribution in [0.1, 0.15) is 18.1 Å². The van der Waals surface area contributed by atoms with Crippen LogP contribution in [-0.4, -0.2) is 9.97 Å². The monoisotopic (exact) mass is 317 g/mol. The molecule has 0 unspecified atom stereocenters. The number of halogens is 3. The Morgan fingerprint density at radius 3 is 2.61 bits per heavy atom. The second kappa shape index (κ2) is 5.87. The molecule has 1 N–H and O–H groups in total. The molecule has 0 aliphatic carbocycles. The Labute approximate surface area is 131 Å². The summed E-state index contributed by atoms with van der Waals surface area (Å²) in [6.07, 6.45) is -2.13. The van der Waals surface area contributed by atoms with Crippen molar-refractivity contribution in [1.29, 1.82) is 0 Å². The van der Waals surface area contributed by atoms with Gasteiger partial charge in [-0.2, -0.15) is 13.2 Å². The van der Waals surface area contributed by atoms with Crippen molar-refractivity contribution in [2.45, 2.75) is 19.5 Å². The van der Waals surface area contributed by atoms with Crippen LogP contribution in [0.4, 0.5) is 24.7 Å². The highest BCUT2D eigenvalue weighted by Crippen LogP contribution is 2.32. The molecule has 0 spiro atoms. The van der Waals surface area contributed by atoms with Gasteiger partial charge >= 0.3 is 6.18 Å². The van der Waals surface area contributed by atoms with Gasteiger partial charge in [-0.1, -0.05) is 19.1 Å². The van der Waals surface area contributed by atoms with Crippen LogP contribution in [0.15, 0.2) is 48.8 Å². The number of benzene rings is 2. The number of fused-ring (bicyclic) bond motifs is 1. The van der Waals surface area contributed by atoms with Crippen LogP contribution in [0.25, 0.3) is 10.9 Å². The fourth-order valence-electron chi connectivity index (χ4n) is 2.33. The smallest absolute Gasteiger partial charge is 0.340 e. The maximum atomic E-state index is 12.8. The molecule has 1 aromatic heterocycles. The third-order valence-corrected chi connectivity index (χ3v) is 3.56. The molecule has 23 heavy (non-hydrogen) atoms. The first-order valence-electron chi connectivity index (χ1n) is 7.15. The van der Waals surface area contributed by atoms with Gasteiger partial charge in [-0.3, -0.25) is 0 Å². The van der Waals surface area contributed by atoms with Gasteiger partial charge in [-0.05, 0) is 42.3 Å². The summed E-state index contributed by atoms with van der Waals surface area (Å²) in [6.45, 7) is 2.03. The summed E-state index contributed by atoms with van der Waals surface area (Å²) in [5.41, 5.74) is 1.49. The SMILES string of the molecule is CCc1ccc2ncnc(Nc3cccc(C(F)(F)F)c3)c2c1. The van der Waals surface area contributed by atoms with E-state index in [0.717, 1.165) is 35.0 Å². The van der Waals surface area contributed by atoms with Gasteiger partial charge in [0.05, 0.1) is 11.1 Å². The number of hydrogen-bond acceptors (Lipinski definition) is 3. The van der Waals surface area contributed by atoms with E-state index in [1.807, 2.05) is 25.1 Å². The molecule has 0 bridgehead atoms. The summed E-state index contributed by atoms with van der Waals surface area (Å²) >= 11 is 0. The summed E-state index contributed by atoms with van der Waals surface area (Å²) in [6, 6.07) is 10.9. The Kier molecular flexibility index (Phi) is 3.90. The largest absolute Gasteiger partial charge is 0.416 e. The number of rotatable bonds is 3. The normalized spacial score (nSPS) is 11.7. The minimum atomic E-state index is -4.37. The highest BCUT2D eigenvalue weighted by molar-refractivity contribution is 5.91. The topological polar surface area (TPSA) is 37.8 Å². The van der Waals surface area contributed by atoms with E-state index in [2.05, 4.69) is 15.3 Å². The molecule has 1 heterocycles. The van der Waals surface area contributed by atoms with E-state index in [9.17, 15) is 13.2 Å². The molecule has 0 saturated heterocycles. The second-order valence-corrected chi connectivity index (χ2v) is 5.13. The Balaban J connectivity index is 2.02. The first-order valence-corrected chi connectivity index (χ1v) is 7.15. The van der Waals surface area contributed by atoms with Gasteiger partial charge in [0.2, 0.25) is 0 Å². The summed E-state index contributed by atoms with van der Waals surface area (Å²) in [5, 5.41) is 3.74. The third kappa shape index (κ3) is 3.26. The predicted octanol–water partition coefficient (Wildman–Crippen LogP) is 4.95. The zero-order valence-electron chi connectivity index (χ0n) is 12.4. The molecule has 3 aromatic rings. The molecule has 2 aromatic carbocycles. The molecular formula is C17H14F3N3. The molecule has 6 heteroatoms. The maximum Gasteiger partial charge on any atom is 0.416 e. The lowest BCUT2D eigenvalue weighted by atomic mass is 10.1. The number of alkyl halides is 3. The number of nitrogens with one attached hydrogen (secondary N) is 1. The Bertz CT molecular complexity index is 844. The molecule has 3 nitrogen and oxygen atoms in total. The minimum absolute atomic E-state index is 0.335. The van der Waals surface area contributed by atoms with Crippen molar-refractivity contribution in [3.8, 4) is 0 Å². The molecule has 0 amide bonds. The van der Waals surface area contributed by atoms with Gasteiger partial charge in [0.25, 0.3) is 0 Å². The van der Waals surface area contributed by atoms with Crippen molar-refractivity contribution < 1.29 is 13.2 Å². The molecule has 3 rings (SSSR count). The van der Waals surface area contributed by atoms with E-state index < -0.39 is 11.7 Å². The second-order valence-electron chi connectivity index (χ2n) is 5.13. The number of aryl methyl sites for hydroxylation is 1. The molecule has 0 radical (unpaired) electrons. The summed E-state index contributed by atoms with van der Waals surface area (Å²) in [4.78, 5) is 8.35. The standard InChI is InChI=1S/C17H14F3N3/c1-2-11-6-7-15-14(8-11)16(22-10-21-15)23-13-5-3-4-12(9-13)17(18,19)20/h3-10H,2H2,1H3,(H,21,22,23). The quantitative estimate of drug-likeness (QED) is 0.742. The lowest BCUT2D eigenvalue weighted by molar-refractivity contribution is -0.137. The average molecular weight is 317 g/mol. The van der Waals surface area contributed by atoms with Crippen molar-refractivity contribution >= 4 is 22.4 Å². The molecule has 0 saturated carbocycles. The number of hydrogen-bond donors (Lipinski definition) is 1. The Morgan fingerprint density at radius 1 is 1.04 bits per heavy atom. The van der Waals surface area contributed by atoms with Crippen molar-refractivity contribution in [2.24, 2.45) is 0 Å². The Hall–Kier alpha value is -2.63. The van der Waals surface area contributed by atoms with Crippen molar-refractivity contribution in [3.05, 3.63) is 59.9 Å². The Morgan fingerprint density at radius 2 is 1.87 bits per heavy atom. The van der Waals surface area contributed by atoms with Gasteiger partial charge in [-0.25, -0.2) is 9.97 Å². The van der Waals surface area contributed by atoms with Gasteiger partial charge in [0, 0.05) is 11.1 Å². The fraction of sp³-hybridized carbons (Fsp3) is 0.176. The summed E-state index contributed by atoms with van der Waals surface area (Å²) in [7, 11) is 0. The van der Waals surface area contributed by atoms with E-state index in [1.54, 1.807) is 6.07 Å². The van der Waals surface area contributed by atoms with Crippen molar-refractivity contribution in [1.82, 2.24) is 9.97 Å². The zero-order valence-corrected chi connectivity index (χ0v) is 12.4. The van der Waals surface area contributed by atoms with Crippen molar-refractivity contribution in [2.75, 3.05) is 5.32 Å². The predicted molar refractivity (Wildman–Crippen MR) is 83.6 cm³/mol. The summed E-state index contributed by atoms with van der Waals surface area (Å²) < 4.78 is 38.4. The van der Waals surface area contributed by atoms with E-state index in [0.29, 0.717) is 11.5 Å².